The van der Waals surface area contributed by atoms with Gasteiger partial charge in [-0.15, -0.1) is 0 Å². The van der Waals surface area contributed by atoms with Crippen LogP contribution in [0, 0.1) is 5.82 Å². The molecule has 31 heavy (non-hydrogen) atoms. The molecule has 0 bridgehead atoms. The van der Waals surface area contributed by atoms with Gasteiger partial charge in [-0.05, 0) is 30.3 Å². The van der Waals surface area contributed by atoms with Crippen LogP contribution in [0.3, 0.4) is 0 Å². The quantitative estimate of drug-likeness (QED) is 0.472. The SMILES string of the molecule is Cn1c(C(=O)Nc2ccc(S(=O)(=O)Nc3cnccn3)nc2)cc2c(Cl)c(F)ccc21. The Labute approximate surface area is 181 Å². The number of rotatable bonds is 5. The van der Waals surface area contributed by atoms with Crippen molar-refractivity contribution in [3.63, 3.8) is 0 Å². The molecule has 1 aromatic carbocycles. The van der Waals surface area contributed by atoms with Crippen molar-refractivity contribution in [2.24, 2.45) is 7.05 Å². The van der Waals surface area contributed by atoms with Crippen LogP contribution in [0.25, 0.3) is 10.9 Å². The lowest BCUT2D eigenvalue weighted by atomic mass is 10.2. The number of amides is 1. The Morgan fingerprint density at radius 3 is 2.61 bits per heavy atom. The highest BCUT2D eigenvalue weighted by Crippen LogP contribution is 2.29. The molecular formula is C19H14ClFN6O3S. The van der Waals surface area contributed by atoms with Crippen molar-refractivity contribution in [3.8, 4) is 0 Å². The molecule has 0 fully saturated rings. The molecule has 158 valence electrons. The van der Waals surface area contributed by atoms with Crippen LogP contribution in [-0.2, 0) is 17.1 Å². The fraction of sp³-hybridized carbons (Fsp3) is 0.0526. The Morgan fingerprint density at radius 1 is 1.13 bits per heavy atom. The second kappa shape index (κ2) is 7.93. The number of benzene rings is 1. The average molecular weight is 461 g/mol. The van der Waals surface area contributed by atoms with Gasteiger partial charge in [0.2, 0.25) is 0 Å². The standard InChI is InChI=1S/C19H14ClFN6O3S/c1-27-14-4-3-13(21)18(20)12(14)8-15(27)19(28)25-11-2-5-17(24-9-11)31(29,30)26-16-10-22-6-7-23-16/h2-10H,1H3,(H,23,26)(H,25,28). The van der Waals surface area contributed by atoms with Crippen molar-refractivity contribution in [2.45, 2.75) is 5.03 Å². The second-order valence-corrected chi connectivity index (χ2v) is 8.43. The summed E-state index contributed by atoms with van der Waals surface area (Å²) in [6.45, 7) is 0. The molecular weight excluding hydrogens is 447 g/mol. The smallest absolute Gasteiger partial charge is 0.280 e. The third kappa shape index (κ3) is 4.05. The van der Waals surface area contributed by atoms with Crippen LogP contribution in [0.5, 0.6) is 0 Å². The van der Waals surface area contributed by atoms with Crippen molar-refractivity contribution >= 4 is 49.9 Å². The van der Waals surface area contributed by atoms with Crippen molar-refractivity contribution in [3.05, 3.63) is 71.7 Å². The first kappa shape index (κ1) is 20.7. The third-order valence-electron chi connectivity index (χ3n) is 4.42. The van der Waals surface area contributed by atoms with E-state index in [-0.39, 0.29) is 27.2 Å². The van der Waals surface area contributed by atoms with E-state index in [0.717, 1.165) is 0 Å². The first-order valence-corrected chi connectivity index (χ1v) is 10.6. The summed E-state index contributed by atoms with van der Waals surface area (Å²) < 4.78 is 42.3. The van der Waals surface area contributed by atoms with Crippen molar-refractivity contribution in [1.82, 2.24) is 19.5 Å². The van der Waals surface area contributed by atoms with Crippen molar-refractivity contribution in [2.75, 3.05) is 10.0 Å². The van der Waals surface area contributed by atoms with E-state index in [4.69, 9.17) is 11.6 Å². The molecule has 0 aliphatic heterocycles. The molecule has 1 amide bonds. The molecule has 0 aliphatic carbocycles. The number of aromatic nitrogens is 4. The maximum Gasteiger partial charge on any atom is 0.280 e. The van der Waals surface area contributed by atoms with Gasteiger partial charge in [0.05, 0.1) is 28.6 Å². The molecule has 3 aromatic heterocycles. The van der Waals surface area contributed by atoms with Crippen LogP contribution in [0.1, 0.15) is 10.5 Å². The van der Waals surface area contributed by atoms with Crippen LogP contribution < -0.4 is 10.0 Å². The Kier molecular flexibility index (Phi) is 5.29. The number of nitrogens with one attached hydrogen (secondary N) is 2. The third-order valence-corrected chi connectivity index (χ3v) is 6.07. The van der Waals surface area contributed by atoms with Crippen LogP contribution >= 0.6 is 11.6 Å². The highest BCUT2D eigenvalue weighted by atomic mass is 35.5. The number of hydrogen-bond donors (Lipinski definition) is 2. The summed E-state index contributed by atoms with van der Waals surface area (Å²) in [6.07, 6.45) is 5.22. The van der Waals surface area contributed by atoms with Crippen LogP contribution in [0.15, 0.2) is 60.1 Å². The average Bonchev–Trinajstić information content (AvgIpc) is 3.09. The Hall–Kier alpha value is -3.57. The van der Waals surface area contributed by atoms with E-state index in [9.17, 15) is 17.6 Å². The van der Waals surface area contributed by atoms with Gasteiger partial charge in [0.15, 0.2) is 10.8 Å². The largest absolute Gasteiger partial charge is 0.340 e. The minimum atomic E-state index is -3.97. The normalized spacial score (nSPS) is 11.5. The first-order valence-electron chi connectivity index (χ1n) is 8.76. The van der Waals surface area contributed by atoms with Gasteiger partial charge in [0.1, 0.15) is 11.5 Å². The molecule has 2 N–H and O–H groups in total. The van der Waals surface area contributed by atoms with E-state index in [2.05, 4.69) is 25.0 Å². The van der Waals surface area contributed by atoms with Crippen molar-refractivity contribution < 1.29 is 17.6 Å². The molecule has 0 saturated carbocycles. The van der Waals surface area contributed by atoms with Crippen molar-refractivity contribution in [1.29, 1.82) is 0 Å². The fourth-order valence-corrected chi connectivity index (χ4v) is 4.06. The molecule has 9 nitrogen and oxygen atoms in total. The van der Waals surface area contributed by atoms with E-state index >= 15 is 0 Å². The van der Waals surface area contributed by atoms with E-state index in [1.807, 2.05) is 0 Å². The van der Waals surface area contributed by atoms with E-state index in [0.29, 0.717) is 10.9 Å². The minimum Gasteiger partial charge on any atom is -0.340 e. The summed E-state index contributed by atoms with van der Waals surface area (Å²) >= 11 is 5.99. The molecule has 0 spiro atoms. The van der Waals surface area contributed by atoms with Crippen LogP contribution in [0.4, 0.5) is 15.9 Å². The summed E-state index contributed by atoms with van der Waals surface area (Å²) in [6, 6.07) is 6.86. The number of carbonyl (C=O) groups excluding carboxylic acids is 1. The van der Waals surface area contributed by atoms with Gasteiger partial charge in [-0.3, -0.25) is 14.5 Å². The molecule has 0 atom stereocenters. The Bertz CT molecular complexity index is 1390. The number of pyridine rings is 1. The zero-order valence-corrected chi connectivity index (χ0v) is 17.4. The fourth-order valence-electron chi connectivity index (χ4n) is 2.92. The van der Waals surface area contributed by atoms with Crippen LogP contribution in [-0.4, -0.2) is 33.8 Å². The highest BCUT2D eigenvalue weighted by Gasteiger charge is 2.19. The number of nitrogens with zero attached hydrogens (tertiary/aromatic N) is 4. The molecule has 0 radical (unpaired) electrons. The number of fused-ring (bicyclic) bond motifs is 1. The number of carbonyl (C=O) groups is 1. The monoisotopic (exact) mass is 460 g/mol. The summed E-state index contributed by atoms with van der Waals surface area (Å²) in [5.74, 6) is -1.03. The molecule has 4 rings (SSSR count). The number of anilines is 2. The molecule has 3 heterocycles. The predicted octanol–water partition coefficient (Wildman–Crippen LogP) is 3.21. The maximum absolute atomic E-state index is 13.7. The van der Waals surface area contributed by atoms with E-state index in [1.54, 1.807) is 11.6 Å². The molecule has 12 heteroatoms. The second-order valence-electron chi connectivity index (χ2n) is 6.42. The zero-order chi connectivity index (χ0) is 22.2. The highest BCUT2D eigenvalue weighted by molar-refractivity contribution is 7.92. The Morgan fingerprint density at radius 2 is 1.94 bits per heavy atom. The van der Waals surface area contributed by atoms with Gasteiger partial charge in [0.25, 0.3) is 15.9 Å². The lowest BCUT2D eigenvalue weighted by Gasteiger charge is -2.08. The molecule has 0 saturated heterocycles. The number of sulfonamides is 1. The van der Waals surface area contributed by atoms with Crippen LogP contribution in [0.2, 0.25) is 5.02 Å². The zero-order valence-electron chi connectivity index (χ0n) is 15.9. The molecule has 4 aromatic rings. The number of hydrogen-bond acceptors (Lipinski definition) is 6. The maximum atomic E-state index is 13.7. The van der Waals surface area contributed by atoms with Gasteiger partial charge in [-0.1, -0.05) is 11.6 Å². The summed E-state index contributed by atoms with van der Waals surface area (Å²) in [5, 5.41) is 2.70. The van der Waals surface area contributed by atoms with Gasteiger partial charge < -0.3 is 9.88 Å². The first-order chi connectivity index (χ1) is 14.8. The minimum absolute atomic E-state index is 0.0487. The lowest BCUT2D eigenvalue weighted by Crippen LogP contribution is -2.17. The van der Waals surface area contributed by atoms with Gasteiger partial charge in [0, 0.05) is 24.8 Å². The summed E-state index contributed by atoms with van der Waals surface area (Å²) in [4.78, 5) is 24.2. The number of aryl methyl sites for hydroxylation is 1. The van der Waals surface area contributed by atoms with Gasteiger partial charge in [-0.25, -0.2) is 14.4 Å². The molecule has 0 unspecified atom stereocenters. The summed E-state index contributed by atoms with van der Waals surface area (Å²) in [7, 11) is -2.32. The van der Waals surface area contributed by atoms with Gasteiger partial charge >= 0.3 is 0 Å². The number of halogens is 2. The van der Waals surface area contributed by atoms with E-state index in [1.165, 1.54) is 55.1 Å². The molecule has 0 aliphatic rings. The predicted molar refractivity (Wildman–Crippen MR) is 113 cm³/mol. The van der Waals surface area contributed by atoms with E-state index < -0.39 is 21.7 Å². The summed E-state index contributed by atoms with van der Waals surface area (Å²) in [5.41, 5.74) is 1.10. The van der Waals surface area contributed by atoms with Gasteiger partial charge in [-0.2, -0.15) is 8.42 Å². The Balaban J connectivity index is 1.54. The topological polar surface area (TPSA) is 119 Å². The lowest BCUT2D eigenvalue weighted by molar-refractivity contribution is 0.101.